The van der Waals surface area contributed by atoms with Crippen LogP contribution < -0.4 is 10.1 Å². The van der Waals surface area contributed by atoms with Gasteiger partial charge in [-0.2, -0.15) is 0 Å². The van der Waals surface area contributed by atoms with Crippen molar-refractivity contribution in [2.24, 2.45) is 5.41 Å². The molecule has 0 saturated carbocycles. The van der Waals surface area contributed by atoms with E-state index in [2.05, 4.69) is 19.2 Å². The number of carbonyl (C=O) groups is 2. The van der Waals surface area contributed by atoms with Gasteiger partial charge >= 0.3 is 5.97 Å². The highest BCUT2D eigenvalue weighted by molar-refractivity contribution is 8.00. The summed E-state index contributed by atoms with van der Waals surface area (Å²) in [4.78, 5) is 25.4. The second-order valence-corrected chi connectivity index (χ2v) is 13.8. The molecule has 2 atom stereocenters. The van der Waals surface area contributed by atoms with Gasteiger partial charge in [0.2, 0.25) is 11.7 Å². The highest BCUT2D eigenvalue weighted by Gasteiger charge is 2.57. The molecule has 5 rings (SSSR count). The Morgan fingerprint density at radius 1 is 0.930 bits per heavy atom. The van der Waals surface area contributed by atoms with Crippen molar-refractivity contribution >= 4 is 23.6 Å². The van der Waals surface area contributed by atoms with Crippen molar-refractivity contribution < 1.29 is 32.9 Å². The number of rotatable bonds is 9. The Morgan fingerprint density at radius 2 is 1.51 bits per heavy atom. The van der Waals surface area contributed by atoms with Crippen LogP contribution in [0, 0.1) is 11.2 Å². The number of nitrogens with one attached hydrogen (secondary N) is 1. The van der Waals surface area contributed by atoms with Crippen molar-refractivity contribution in [1.29, 1.82) is 0 Å². The minimum atomic E-state index is -1.02. The summed E-state index contributed by atoms with van der Waals surface area (Å²) in [5, 5.41) is 2.57. The average Bonchev–Trinajstić information content (AvgIpc) is 2.96. The number of β-lactam (4-membered cyclic amide) rings is 1. The van der Waals surface area contributed by atoms with Gasteiger partial charge in [-0.15, -0.1) is 11.8 Å². The van der Waals surface area contributed by atoms with Crippen LogP contribution in [-0.4, -0.2) is 48.3 Å². The lowest BCUT2D eigenvalue weighted by Gasteiger charge is -2.51. The molecule has 0 aromatic heterocycles. The summed E-state index contributed by atoms with van der Waals surface area (Å²) in [7, 11) is 0. The van der Waals surface area contributed by atoms with Crippen molar-refractivity contribution in [1.82, 2.24) is 5.32 Å². The van der Waals surface area contributed by atoms with Gasteiger partial charge in [-0.1, -0.05) is 68.4 Å². The monoisotopic (exact) mass is 607 g/mol. The van der Waals surface area contributed by atoms with E-state index in [-0.39, 0.29) is 23.7 Å². The van der Waals surface area contributed by atoms with Gasteiger partial charge in [-0.25, -0.2) is 9.18 Å². The van der Waals surface area contributed by atoms with Crippen LogP contribution in [0.15, 0.2) is 78.9 Å². The van der Waals surface area contributed by atoms with Crippen LogP contribution in [0.4, 0.5) is 4.39 Å². The van der Waals surface area contributed by atoms with Crippen LogP contribution in [0.3, 0.4) is 0 Å². The summed E-state index contributed by atoms with van der Waals surface area (Å²) in [5.74, 6) is -1.15. The quantitative estimate of drug-likeness (QED) is 0.238. The van der Waals surface area contributed by atoms with Crippen LogP contribution >= 0.6 is 11.8 Å². The minimum absolute atomic E-state index is 0.137. The van der Waals surface area contributed by atoms with Crippen LogP contribution in [-0.2, 0) is 35.1 Å². The Morgan fingerprint density at radius 3 is 2.07 bits per heavy atom. The Kier molecular flexibility index (Phi) is 8.62. The molecular weight excluding hydrogens is 569 g/mol. The van der Waals surface area contributed by atoms with E-state index in [0.29, 0.717) is 24.7 Å². The van der Waals surface area contributed by atoms with E-state index >= 15 is 0 Å². The van der Waals surface area contributed by atoms with E-state index < -0.39 is 28.1 Å². The third kappa shape index (κ3) is 6.74. The molecule has 1 N–H and O–H groups in total. The predicted molar refractivity (Wildman–Crippen MR) is 163 cm³/mol. The fourth-order valence-electron chi connectivity index (χ4n) is 5.22. The molecule has 7 nitrogen and oxygen atoms in total. The number of benzene rings is 3. The maximum absolute atomic E-state index is 14.0. The first-order valence-electron chi connectivity index (χ1n) is 14.3. The Balaban J connectivity index is 1.42. The minimum Gasteiger partial charge on any atom is -0.482 e. The summed E-state index contributed by atoms with van der Waals surface area (Å²) in [5.41, 5.74) is 0.739. The summed E-state index contributed by atoms with van der Waals surface area (Å²) in [6.45, 7) is 10.4. The summed E-state index contributed by atoms with van der Waals surface area (Å²) < 4.78 is 37.8. The normalized spacial score (nSPS) is 22.7. The van der Waals surface area contributed by atoms with Gasteiger partial charge in [-0.3, -0.25) is 4.79 Å². The van der Waals surface area contributed by atoms with Crippen molar-refractivity contribution in [3.8, 4) is 5.75 Å². The fourth-order valence-corrected chi connectivity index (χ4v) is 6.74. The molecule has 3 aromatic rings. The molecule has 2 aliphatic heterocycles. The largest absolute Gasteiger partial charge is 0.482 e. The van der Waals surface area contributed by atoms with Gasteiger partial charge in [0.15, 0.2) is 6.61 Å². The van der Waals surface area contributed by atoms with E-state index in [1.165, 1.54) is 23.9 Å². The molecule has 0 unspecified atom stereocenters. The van der Waals surface area contributed by atoms with Gasteiger partial charge in [0.1, 0.15) is 28.0 Å². The molecule has 228 valence electrons. The lowest BCUT2D eigenvalue weighted by Crippen LogP contribution is -2.69. The maximum Gasteiger partial charge on any atom is 0.344 e. The molecule has 0 bridgehead atoms. The predicted octanol–water partition coefficient (Wildman–Crippen LogP) is 5.95. The molecular formula is C34H38FNO6S. The molecule has 2 saturated heterocycles. The SMILES string of the molecule is CC1(C)COC(CS[C@H]2C(=O)N[C@@]2(c2ccc(F)cc2)c2ccc(OCC(=O)OC(C)(C)C)cc2)(c2ccccc2)OC1. The Hall–Kier alpha value is -3.40. The van der Waals surface area contributed by atoms with E-state index in [1.54, 1.807) is 45.0 Å². The van der Waals surface area contributed by atoms with E-state index in [1.807, 2.05) is 42.5 Å². The third-order valence-corrected chi connectivity index (χ3v) is 8.83. The molecule has 2 aliphatic rings. The van der Waals surface area contributed by atoms with E-state index in [0.717, 1.165) is 16.7 Å². The van der Waals surface area contributed by atoms with Crippen LogP contribution in [0.25, 0.3) is 0 Å². The molecule has 2 fully saturated rings. The number of hydrogen-bond donors (Lipinski definition) is 1. The average molecular weight is 608 g/mol. The molecule has 0 radical (unpaired) electrons. The van der Waals surface area contributed by atoms with Crippen LogP contribution in [0.1, 0.15) is 51.3 Å². The zero-order valence-corrected chi connectivity index (χ0v) is 26.0. The van der Waals surface area contributed by atoms with Crippen LogP contribution in [0.5, 0.6) is 5.75 Å². The number of amides is 1. The topological polar surface area (TPSA) is 83.1 Å². The highest BCUT2D eigenvalue weighted by Crippen LogP contribution is 2.48. The zero-order chi connectivity index (χ0) is 30.9. The fraction of sp³-hybridized carbons (Fsp3) is 0.412. The lowest BCUT2D eigenvalue weighted by molar-refractivity contribution is -0.295. The number of esters is 1. The van der Waals surface area contributed by atoms with Crippen LogP contribution in [0.2, 0.25) is 0 Å². The molecule has 0 aliphatic carbocycles. The third-order valence-electron chi connectivity index (χ3n) is 7.38. The standard InChI is InChI=1S/C34H38FNO6S/c1-31(2,3)42-28(37)19-39-27-17-13-25(14-18-27)34(24-11-15-26(35)16-12-24)29(30(38)36-34)43-22-33(23-9-7-6-8-10-23)40-20-32(4,5)21-41-33/h6-18,29H,19-22H2,1-5H3,(H,36,38)/t29-,34-/m0/s1. The number of ether oxygens (including phenoxy) is 4. The molecule has 9 heteroatoms. The number of halogens is 1. The highest BCUT2D eigenvalue weighted by atomic mass is 32.2. The van der Waals surface area contributed by atoms with Gasteiger partial charge in [-0.05, 0) is 56.2 Å². The second kappa shape index (κ2) is 11.9. The molecule has 0 spiro atoms. The molecule has 1 amide bonds. The first-order chi connectivity index (χ1) is 20.3. The summed E-state index contributed by atoms with van der Waals surface area (Å²) in [6, 6.07) is 23.1. The number of carbonyl (C=O) groups excluding carboxylic acids is 2. The zero-order valence-electron chi connectivity index (χ0n) is 25.1. The Bertz CT molecular complexity index is 1430. The maximum atomic E-state index is 14.0. The van der Waals surface area contributed by atoms with Crippen molar-refractivity contribution in [2.45, 2.75) is 56.8 Å². The van der Waals surface area contributed by atoms with Gasteiger partial charge < -0.3 is 24.3 Å². The van der Waals surface area contributed by atoms with Gasteiger partial charge in [0.25, 0.3) is 0 Å². The second-order valence-electron chi connectivity index (χ2n) is 12.8. The molecule has 43 heavy (non-hydrogen) atoms. The summed E-state index contributed by atoms with van der Waals surface area (Å²) in [6.07, 6.45) is 0. The van der Waals surface area contributed by atoms with E-state index in [9.17, 15) is 14.0 Å². The van der Waals surface area contributed by atoms with Crippen molar-refractivity contribution in [2.75, 3.05) is 25.6 Å². The van der Waals surface area contributed by atoms with Gasteiger partial charge in [0.05, 0.1) is 19.0 Å². The summed E-state index contributed by atoms with van der Waals surface area (Å²) >= 11 is 1.45. The van der Waals surface area contributed by atoms with Crippen molar-refractivity contribution in [3.05, 3.63) is 101 Å². The number of hydrogen-bond acceptors (Lipinski definition) is 7. The lowest BCUT2D eigenvalue weighted by atomic mass is 9.74. The van der Waals surface area contributed by atoms with Crippen molar-refractivity contribution in [3.63, 3.8) is 0 Å². The Labute approximate surface area is 256 Å². The smallest absolute Gasteiger partial charge is 0.344 e. The van der Waals surface area contributed by atoms with Gasteiger partial charge in [0, 0.05) is 11.0 Å². The number of thioether (sulfide) groups is 1. The first kappa shape index (κ1) is 31.0. The van der Waals surface area contributed by atoms with E-state index in [4.69, 9.17) is 18.9 Å². The molecule has 2 heterocycles. The first-order valence-corrected chi connectivity index (χ1v) is 15.4. The molecule has 3 aromatic carbocycles.